The third-order valence-corrected chi connectivity index (χ3v) is 3.72. The molecule has 6 heteroatoms. The van der Waals surface area contributed by atoms with Crippen LogP contribution in [0.15, 0.2) is 0 Å². The molecule has 1 aliphatic rings. The van der Waals surface area contributed by atoms with Gasteiger partial charge in [0.05, 0.1) is 11.7 Å². The van der Waals surface area contributed by atoms with Crippen molar-refractivity contribution >= 4 is 29.1 Å². The minimum absolute atomic E-state index is 0.491. The highest BCUT2D eigenvalue weighted by atomic mass is 35.5. The van der Waals surface area contributed by atoms with E-state index in [9.17, 15) is 0 Å². The predicted octanol–water partition coefficient (Wildman–Crippen LogP) is 1.95. The van der Waals surface area contributed by atoms with Gasteiger partial charge in [-0.25, -0.2) is 0 Å². The van der Waals surface area contributed by atoms with E-state index in [0.29, 0.717) is 11.1 Å². The standard InChI is InChI=1S/C9H15ClN4S/c1-2-14-4-3-7(6-14)5-11-9-8(10)12-15-13-9/h7H,2-6H2,1H3,(H,11,13). The third-order valence-electron chi connectivity index (χ3n) is 2.82. The van der Waals surface area contributed by atoms with Crippen LogP contribution in [0.25, 0.3) is 0 Å². The molecule has 0 aromatic carbocycles. The van der Waals surface area contributed by atoms with Crippen LogP contribution in [0.4, 0.5) is 5.82 Å². The van der Waals surface area contributed by atoms with Crippen LogP contribution >= 0.6 is 23.3 Å². The summed E-state index contributed by atoms with van der Waals surface area (Å²) in [6.07, 6.45) is 1.26. The molecular weight excluding hydrogens is 232 g/mol. The van der Waals surface area contributed by atoms with Crippen LogP contribution in [0.1, 0.15) is 13.3 Å². The summed E-state index contributed by atoms with van der Waals surface area (Å²) in [5.74, 6) is 1.44. The first-order valence-electron chi connectivity index (χ1n) is 5.24. The second-order valence-corrected chi connectivity index (χ2v) is 4.72. The molecule has 1 fully saturated rings. The topological polar surface area (TPSA) is 41.0 Å². The maximum absolute atomic E-state index is 5.85. The van der Waals surface area contributed by atoms with Gasteiger partial charge in [0.15, 0.2) is 11.0 Å². The van der Waals surface area contributed by atoms with Crippen LogP contribution in [0, 0.1) is 5.92 Å². The molecule has 1 N–H and O–H groups in total. The summed E-state index contributed by atoms with van der Waals surface area (Å²) in [7, 11) is 0. The summed E-state index contributed by atoms with van der Waals surface area (Å²) in [5.41, 5.74) is 0. The monoisotopic (exact) mass is 246 g/mol. The predicted molar refractivity (Wildman–Crippen MR) is 63.6 cm³/mol. The van der Waals surface area contributed by atoms with Crippen molar-refractivity contribution in [3.63, 3.8) is 0 Å². The van der Waals surface area contributed by atoms with Crippen LogP contribution in [0.5, 0.6) is 0 Å². The van der Waals surface area contributed by atoms with Crippen LogP contribution in [-0.4, -0.2) is 39.8 Å². The van der Waals surface area contributed by atoms with Crippen molar-refractivity contribution in [2.75, 3.05) is 31.5 Å². The number of nitrogens with zero attached hydrogens (tertiary/aromatic N) is 3. The molecule has 2 rings (SSSR count). The van der Waals surface area contributed by atoms with Gasteiger partial charge in [0, 0.05) is 13.1 Å². The van der Waals surface area contributed by atoms with E-state index < -0.39 is 0 Å². The zero-order valence-electron chi connectivity index (χ0n) is 8.74. The summed E-state index contributed by atoms with van der Waals surface area (Å²) in [4.78, 5) is 2.47. The average molecular weight is 247 g/mol. The van der Waals surface area contributed by atoms with E-state index in [2.05, 4.69) is 25.9 Å². The van der Waals surface area contributed by atoms with Gasteiger partial charge >= 0.3 is 0 Å². The number of likely N-dealkylation sites (tertiary alicyclic amines) is 1. The highest BCUT2D eigenvalue weighted by Crippen LogP contribution is 2.20. The zero-order chi connectivity index (χ0) is 10.7. The first kappa shape index (κ1) is 11.1. The summed E-state index contributed by atoms with van der Waals surface area (Å²) in [6.45, 7) is 6.69. The van der Waals surface area contributed by atoms with E-state index in [1.165, 1.54) is 19.5 Å². The molecule has 15 heavy (non-hydrogen) atoms. The lowest BCUT2D eigenvalue weighted by molar-refractivity contribution is 0.345. The third kappa shape index (κ3) is 2.80. The Morgan fingerprint density at radius 3 is 3.07 bits per heavy atom. The molecule has 0 aliphatic carbocycles. The van der Waals surface area contributed by atoms with Gasteiger partial charge in [0.2, 0.25) is 0 Å². The van der Waals surface area contributed by atoms with E-state index in [-0.39, 0.29) is 0 Å². The SMILES string of the molecule is CCN1CCC(CNc2nsnc2Cl)C1. The van der Waals surface area contributed by atoms with Crippen LogP contribution in [0.2, 0.25) is 5.15 Å². The molecule has 84 valence electrons. The largest absolute Gasteiger partial charge is 0.366 e. The zero-order valence-corrected chi connectivity index (χ0v) is 10.3. The normalized spacial score (nSPS) is 22.1. The Hall–Kier alpha value is -0.390. The summed E-state index contributed by atoms with van der Waals surface area (Å²) >= 11 is 6.99. The first-order valence-corrected chi connectivity index (χ1v) is 6.34. The molecule has 1 saturated heterocycles. The number of aromatic nitrogens is 2. The second kappa shape index (κ2) is 5.09. The molecule has 0 amide bonds. The lowest BCUT2D eigenvalue weighted by atomic mass is 10.1. The number of anilines is 1. The summed E-state index contributed by atoms with van der Waals surface area (Å²) in [6, 6.07) is 0. The molecule has 1 aromatic rings. The van der Waals surface area contributed by atoms with Gasteiger partial charge in [-0.3, -0.25) is 0 Å². The van der Waals surface area contributed by atoms with E-state index >= 15 is 0 Å². The minimum atomic E-state index is 0.491. The van der Waals surface area contributed by atoms with Gasteiger partial charge < -0.3 is 10.2 Å². The van der Waals surface area contributed by atoms with Gasteiger partial charge in [-0.2, -0.15) is 8.75 Å². The van der Waals surface area contributed by atoms with E-state index in [1.54, 1.807) is 0 Å². The molecular formula is C9H15ClN4S. The Kier molecular flexibility index (Phi) is 3.77. The second-order valence-electron chi connectivity index (χ2n) is 3.83. The van der Waals surface area contributed by atoms with Gasteiger partial charge in [-0.1, -0.05) is 18.5 Å². The van der Waals surface area contributed by atoms with E-state index in [1.807, 2.05) is 0 Å². The molecule has 0 spiro atoms. The lowest BCUT2D eigenvalue weighted by Gasteiger charge is -2.13. The van der Waals surface area contributed by atoms with Gasteiger partial charge in [-0.05, 0) is 25.4 Å². The van der Waals surface area contributed by atoms with Crippen molar-refractivity contribution in [1.29, 1.82) is 0 Å². The maximum Gasteiger partial charge on any atom is 0.186 e. The fourth-order valence-electron chi connectivity index (χ4n) is 1.89. The minimum Gasteiger partial charge on any atom is -0.366 e. The number of rotatable bonds is 4. The number of nitrogens with one attached hydrogen (secondary N) is 1. The van der Waals surface area contributed by atoms with Gasteiger partial charge in [0.25, 0.3) is 0 Å². The van der Waals surface area contributed by atoms with Crippen molar-refractivity contribution < 1.29 is 0 Å². The van der Waals surface area contributed by atoms with Crippen LogP contribution in [-0.2, 0) is 0 Å². The van der Waals surface area contributed by atoms with Crippen LogP contribution in [0.3, 0.4) is 0 Å². The Morgan fingerprint density at radius 2 is 2.47 bits per heavy atom. The Morgan fingerprint density at radius 1 is 1.60 bits per heavy atom. The maximum atomic E-state index is 5.85. The average Bonchev–Trinajstić information content (AvgIpc) is 2.84. The van der Waals surface area contributed by atoms with Gasteiger partial charge in [0.1, 0.15) is 0 Å². The van der Waals surface area contributed by atoms with E-state index in [4.69, 9.17) is 11.6 Å². The molecule has 2 heterocycles. The molecule has 1 aromatic heterocycles. The fraction of sp³-hybridized carbons (Fsp3) is 0.778. The molecule has 0 saturated carbocycles. The van der Waals surface area contributed by atoms with E-state index in [0.717, 1.165) is 30.6 Å². The van der Waals surface area contributed by atoms with Crippen molar-refractivity contribution in [2.45, 2.75) is 13.3 Å². The molecule has 0 bridgehead atoms. The molecule has 4 nitrogen and oxygen atoms in total. The highest BCUT2D eigenvalue weighted by molar-refractivity contribution is 6.99. The van der Waals surface area contributed by atoms with Crippen LogP contribution < -0.4 is 5.32 Å². The van der Waals surface area contributed by atoms with Crippen molar-refractivity contribution in [1.82, 2.24) is 13.6 Å². The quantitative estimate of drug-likeness (QED) is 0.882. The fourth-order valence-corrected chi connectivity index (χ4v) is 2.57. The summed E-state index contributed by atoms with van der Waals surface area (Å²) < 4.78 is 8.01. The Balaban J connectivity index is 1.77. The lowest BCUT2D eigenvalue weighted by Crippen LogP contribution is -2.22. The number of hydrogen-bond donors (Lipinski definition) is 1. The smallest absolute Gasteiger partial charge is 0.186 e. The molecule has 1 unspecified atom stereocenters. The van der Waals surface area contributed by atoms with Crippen molar-refractivity contribution in [2.24, 2.45) is 5.92 Å². The summed E-state index contributed by atoms with van der Waals surface area (Å²) in [5, 5.41) is 3.75. The first-order chi connectivity index (χ1) is 7.29. The van der Waals surface area contributed by atoms with Crippen molar-refractivity contribution in [3.8, 4) is 0 Å². The molecule has 0 radical (unpaired) electrons. The Labute approximate surface area is 99.0 Å². The highest BCUT2D eigenvalue weighted by Gasteiger charge is 2.21. The van der Waals surface area contributed by atoms with Crippen molar-refractivity contribution in [3.05, 3.63) is 5.15 Å². The molecule has 1 atom stereocenters. The number of halogens is 1. The van der Waals surface area contributed by atoms with Gasteiger partial charge in [-0.15, -0.1) is 0 Å². The molecule has 1 aliphatic heterocycles. The number of hydrogen-bond acceptors (Lipinski definition) is 5. The Bertz CT molecular complexity index is 317.